The van der Waals surface area contributed by atoms with Crippen LogP contribution in [-0.4, -0.2) is 20.9 Å². The highest BCUT2D eigenvalue weighted by Crippen LogP contribution is 2.28. The molecule has 0 saturated carbocycles. The summed E-state index contributed by atoms with van der Waals surface area (Å²) in [6.45, 7) is 5.24. The summed E-state index contributed by atoms with van der Waals surface area (Å²) in [6, 6.07) is 18.5. The van der Waals surface area contributed by atoms with Gasteiger partial charge in [-0.3, -0.25) is 9.10 Å². The van der Waals surface area contributed by atoms with Crippen LogP contribution in [0, 0.1) is 25.7 Å². The fourth-order valence-electron chi connectivity index (χ4n) is 3.27. The predicted octanol–water partition coefficient (Wildman–Crippen LogP) is 4.52. The molecule has 0 aliphatic heterocycles. The van der Waals surface area contributed by atoms with Crippen LogP contribution in [0.25, 0.3) is 0 Å². The van der Waals surface area contributed by atoms with E-state index in [-0.39, 0.29) is 17.1 Å². The maximum Gasteiger partial charge on any atom is 0.264 e. The molecule has 0 aromatic heterocycles. The van der Waals surface area contributed by atoms with Gasteiger partial charge in [0.1, 0.15) is 12.2 Å². The Labute approximate surface area is 188 Å². The first-order valence-electron chi connectivity index (χ1n) is 10.1. The molecule has 0 saturated heterocycles. The third-order valence-corrected chi connectivity index (χ3v) is 7.08. The van der Waals surface area contributed by atoms with E-state index in [0.717, 1.165) is 21.0 Å². The number of amides is 1. The van der Waals surface area contributed by atoms with Gasteiger partial charge in [-0.05, 0) is 61.3 Å². The van der Waals surface area contributed by atoms with Crippen LogP contribution in [-0.2, 0) is 21.4 Å². The Kier molecular flexibility index (Phi) is 7.05. The van der Waals surface area contributed by atoms with Crippen LogP contribution in [0.4, 0.5) is 11.4 Å². The summed E-state index contributed by atoms with van der Waals surface area (Å²) < 4.78 is 28.1. The van der Waals surface area contributed by atoms with Crippen LogP contribution in [0.5, 0.6) is 0 Å². The zero-order valence-electron chi connectivity index (χ0n) is 18.2. The molecule has 0 unspecified atom stereocenters. The fraction of sp³-hybridized carbons (Fsp3) is 0.208. The lowest BCUT2D eigenvalue weighted by Gasteiger charge is -2.26. The molecule has 0 spiro atoms. The average Bonchev–Trinajstić information content (AvgIpc) is 2.78. The number of nitrogens with one attached hydrogen (secondary N) is 1. The average molecular weight is 452 g/mol. The Morgan fingerprint density at radius 3 is 2.31 bits per heavy atom. The zero-order valence-corrected chi connectivity index (χ0v) is 19.0. The number of aryl methyl sites for hydroxylation is 2. The van der Waals surface area contributed by atoms with Crippen molar-refractivity contribution in [3.63, 3.8) is 0 Å². The van der Waals surface area contributed by atoms with Crippen LogP contribution in [0.1, 0.15) is 22.3 Å². The molecule has 0 bridgehead atoms. The van der Waals surface area contributed by atoms with Gasteiger partial charge in [0.25, 0.3) is 10.0 Å². The van der Waals surface area contributed by atoms with Crippen molar-refractivity contribution in [3.05, 3.63) is 93.9 Å². The Morgan fingerprint density at radius 2 is 1.62 bits per heavy atom. The van der Waals surface area contributed by atoms with E-state index in [0.29, 0.717) is 11.3 Å². The third-order valence-electron chi connectivity index (χ3n) is 5.31. The van der Waals surface area contributed by atoms with E-state index >= 15 is 0 Å². The highest BCUT2D eigenvalue weighted by molar-refractivity contribution is 7.92. The van der Waals surface area contributed by atoms with Gasteiger partial charge >= 0.3 is 0 Å². The Hall–Kier alpha value is -3.52. The normalized spacial score (nSPS) is 11.1. The topological polar surface area (TPSA) is 95.9 Å². The maximum absolute atomic E-state index is 13.5. The summed E-state index contributed by atoms with van der Waals surface area (Å²) in [4.78, 5) is 23.9. The van der Waals surface area contributed by atoms with Gasteiger partial charge in [-0.25, -0.2) is 8.42 Å². The van der Waals surface area contributed by atoms with E-state index in [1.807, 2.05) is 26.8 Å². The number of sulfonamides is 1. The molecule has 1 N–H and O–H groups in total. The van der Waals surface area contributed by atoms with Crippen molar-refractivity contribution in [2.45, 2.75) is 32.2 Å². The number of hydrogen-bond donors (Lipinski definition) is 1. The maximum atomic E-state index is 13.5. The Bertz CT molecular complexity index is 1240. The number of benzene rings is 3. The molecule has 0 atom stereocenters. The molecule has 8 heteroatoms. The fourth-order valence-corrected chi connectivity index (χ4v) is 4.75. The second-order valence-corrected chi connectivity index (χ2v) is 9.40. The van der Waals surface area contributed by atoms with Crippen LogP contribution in [0.3, 0.4) is 0 Å². The summed E-state index contributed by atoms with van der Waals surface area (Å²) in [5, 5.41) is 5.65. The quantitative estimate of drug-likeness (QED) is 0.509. The van der Waals surface area contributed by atoms with Gasteiger partial charge in [0.2, 0.25) is 5.91 Å². The van der Waals surface area contributed by atoms with E-state index in [2.05, 4.69) is 10.5 Å². The molecule has 3 rings (SSSR count). The second kappa shape index (κ2) is 9.74. The van der Waals surface area contributed by atoms with E-state index in [1.54, 1.807) is 48.5 Å². The molecule has 0 heterocycles. The molecule has 3 aromatic rings. The molecule has 0 aliphatic carbocycles. The summed E-state index contributed by atoms with van der Waals surface area (Å²) in [5.74, 6) is -0.498. The van der Waals surface area contributed by atoms with Crippen LogP contribution >= 0.6 is 0 Å². The van der Waals surface area contributed by atoms with Gasteiger partial charge in [0.05, 0.1) is 10.6 Å². The minimum atomic E-state index is -4.00. The number of rotatable bonds is 8. The molecule has 0 aliphatic rings. The van der Waals surface area contributed by atoms with Crippen molar-refractivity contribution < 1.29 is 13.2 Å². The Morgan fingerprint density at radius 1 is 0.938 bits per heavy atom. The lowest BCUT2D eigenvalue weighted by molar-refractivity contribution is -0.119. The molecule has 0 radical (unpaired) electrons. The SMILES string of the molecule is Cc1ccc(S(=O)(=O)N(CC(=O)NCc2ccccc2N=O)c2cccc(C)c2C)cc1. The van der Waals surface area contributed by atoms with Gasteiger partial charge in [-0.1, -0.05) is 48.0 Å². The van der Waals surface area contributed by atoms with Crippen molar-refractivity contribution in [1.29, 1.82) is 0 Å². The van der Waals surface area contributed by atoms with Crippen LogP contribution in [0.15, 0.2) is 76.8 Å². The zero-order chi connectivity index (χ0) is 23.3. The van der Waals surface area contributed by atoms with Crippen molar-refractivity contribution in [1.82, 2.24) is 5.32 Å². The van der Waals surface area contributed by atoms with Crippen molar-refractivity contribution in [2.75, 3.05) is 10.8 Å². The lowest BCUT2D eigenvalue weighted by Crippen LogP contribution is -2.41. The van der Waals surface area contributed by atoms with Gasteiger partial charge in [-0.2, -0.15) is 0 Å². The number of nitroso groups, excluding NO2 is 1. The molecule has 3 aromatic carbocycles. The first-order valence-corrected chi connectivity index (χ1v) is 11.5. The standard InChI is InChI=1S/C24H25N3O4S/c1-17-11-13-21(14-12-17)32(30,31)27(23-10-6-7-18(2)19(23)3)16-24(28)25-15-20-8-4-5-9-22(20)26-29/h4-14H,15-16H2,1-3H3,(H,25,28). The number of nitrogens with zero attached hydrogens (tertiary/aromatic N) is 2. The minimum Gasteiger partial charge on any atom is -0.350 e. The van der Waals surface area contributed by atoms with Gasteiger partial charge in [-0.15, -0.1) is 4.91 Å². The van der Waals surface area contributed by atoms with Gasteiger partial charge < -0.3 is 5.32 Å². The Balaban J connectivity index is 1.92. The summed E-state index contributed by atoms with van der Waals surface area (Å²) in [6.07, 6.45) is 0. The first-order chi connectivity index (χ1) is 15.2. The molecule has 0 fully saturated rings. The number of hydrogen-bond acceptors (Lipinski definition) is 5. The van der Waals surface area contributed by atoms with Crippen molar-refractivity contribution in [2.24, 2.45) is 5.18 Å². The van der Waals surface area contributed by atoms with E-state index in [4.69, 9.17) is 0 Å². The van der Waals surface area contributed by atoms with Crippen molar-refractivity contribution >= 4 is 27.3 Å². The number of carbonyl (C=O) groups is 1. The summed E-state index contributed by atoms with van der Waals surface area (Å²) in [7, 11) is -4.00. The number of carbonyl (C=O) groups excluding carboxylic acids is 1. The monoisotopic (exact) mass is 451 g/mol. The minimum absolute atomic E-state index is 0.0615. The predicted molar refractivity (Wildman–Crippen MR) is 125 cm³/mol. The molecule has 166 valence electrons. The molecule has 32 heavy (non-hydrogen) atoms. The van der Waals surface area contributed by atoms with Crippen LogP contribution < -0.4 is 9.62 Å². The summed E-state index contributed by atoms with van der Waals surface area (Å²) in [5.41, 5.74) is 3.84. The van der Waals surface area contributed by atoms with Crippen molar-refractivity contribution in [3.8, 4) is 0 Å². The molecular formula is C24H25N3O4S. The highest BCUT2D eigenvalue weighted by Gasteiger charge is 2.28. The number of anilines is 1. The first kappa shape index (κ1) is 23.1. The van der Waals surface area contributed by atoms with Gasteiger partial charge in [0.15, 0.2) is 0 Å². The van der Waals surface area contributed by atoms with E-state index < -0.39 is 22.5 Å². The van der Waals surface area contributed by atoms with E-state index in [1.165, 1.54) is 12.1 Å². The second-order valence-electron chi connectivity index (χ2n) is 7.54. The van der Waals surface area contributed by atoms with Gasteiger partial charge in [0, 0.05) is 12.1 Å². The summed E-state index contributed by atoms with van der Waals surface area (Å²) >= 11 is 0. The molecular weight excluding hydrogens is 426 g/mol. The largest absolute Gasteiger partial charge is 0.350 e. The smallest absolute Gasteiger partial charge is 0.264 e. The molecule has 1 amide bonds. The highest BCUT2D eigenvalue weighted by atomic mass is 32.2. The molecule has 7 nitrogen and oxygen atoms in total. The van der Waals surface area contributed by atoms with Crippen LogP contribution in [0.2, 0.25) is 0 Å². The van der Waals surface area contributed by atoms with E-state index in [9.17, 15) is 18.1 Å². The third kappa shape index (κ3) is 5.03. The lowest BCUT2D eigenvalue weighted by atomic mass is 10.1.